The van der Waals surface area contributed by atoms with Crippen LogP contribution in [0, 0.1) is 12.8 Å². The molecule has 1 heterocycles. The van der Waals surface area contributed by atoms with Crippen LogP contribution in [0.4, 0.5) is 5.82 Å². The second-order valence-corrected chi connectivity index (χ2v) is 4.72. The molecule has 1 aromatic heterocycles. The van der Waals surface area contributed by atoms with E-state index in [1.54, 1.807) is 0 Å². The Hall–Kier alpha value is -1.12. The Morgan fingerprint density at radius 3 is 2.93 bits per heavy atom. The molecule has 3 rings (SSSR count). The minimum Gasteiger partial charge on any atom is -0.369 e. The van der Waals surface area contributed by atoms with Crippen molar-refractivity contribution in [3.8, 4) is 0 Å². The van der Waals surface area contributed by atoms with Crippen LogP contribution in [0.25, 0.3) is 0 Å². The predicted octanol–water partition coefficient (Wildman–Crippen LogP) is 2.10. The van der Waals surface area contributed by atoms with E-state index >= 15 is 0 Å². The van der Waals surface area contributed by atoms with Gasteiger partial charge >= 0.3 is 0 Å². The summed E-state index contributed by atoms with van der Waals surface area (Å²) in [6.45, 7) is 3.09. The molecule has 1 aromatic rings. The van der Waals surface area contributed by atoms with Gasteiger partial charge in [0.25, 0.3) is 0 Å². The van der Waals surface area contributed by atoms with Crippen LogP contribution in [0.15, 0.2) is 0 Å². The lowest BCUT2D eigenvalue weighted by molar-refractivity contribution is 0.870. The van der Waals surface area contributed by atoms with E-state index in [4.69, 9.17) is 0 Å². The molecule has 2 aliphatic rings. The van der Waals surface area contributed by atoms with E-state index in [2.05, 4.69) is 15.3 Å². The van der Waals surface area contributed by atoms with Crippen molar-refractivity contribution in [2.45, 2.75) is 39.0 Å². The molecule has 3 nitrogen and oxygen atoms in total. The average Bonchev–Trinajstić information content (AvgIpc) is 2.92. The van der Waals surface area contributed by atoms with Gasteiger partial charge in [-0.3, -0.25) is 0 Å². The van der Waals surface area contributed by atoms with E-state index in [0.29, 0.717) is 0 Å². The van der Waals surface area contributed by atoms with E-state index in [-0.39, 0.29) is 0 Å². The lowest BCUT2D eigenvalue weighted by Crippen LogP contribution is -2.09. The van der Waals surface area contributed by atoms with E-state index in [9.17, 15) is 0 Å². The molecule has 0 atom stereocenters. The van der Waals surface area contributed by atoms with Crippen molar-refractivity contribution in [2.75, 3.05) is 11.9 Å². The third-order valence-electron chi connectivity index (χ3n) is 3.30. The van der Waals surface area contributed by atoms with Crippen LogP contribution in [0.1, 0.15) is 36.3 Å². The lowest BCUT2D eigenvalue weighted by Gasteiger charge is -2.10. The fraction of sp³-hybridized carbons (Fsp3) is 0.667. The van der Waals surface area contributed by atoms with E-state index in [1.807, 2.05) is 6.92 Å². The Kier molecular flexibility index (Phi) is 2.11. The van der Waals surface area contributed by atoms with E-state index in [1.165, 1.54) is 30.5 Å². The predicted molar refractivity (Wildman–Crippen MR) is 60.0 cm³/mol. The van der Waals surface area contributed by atoms with Gasteiger partial charge < -0.3 is 5.32 Å². The van der Waals surface area contributed by atoms with Crippen LogP contribution in [0.5, 0.6) is 0 Å². The largest absolute Gasteiger partial charge is 0.369 e. The van der Waals surface area contributed by atoms with Crippen LogP contribution in [-0.2, 0) is 12.8 Å². The maximum absolute atomic E-state index is 4.52. The van der Waals surface area contributed by atoms with Gasteiger partial charge in [-0.05, 0) is 44.9 Å². The number of nitrogens with zero attached hydrogens (tertiary/aromatic N) is 2. The van der Waals surface area contributed by atoms with Crippen molar-refractivity contribution in [3.05, 3.63) is 17.1 Å². The van der Waals surface area contributed by atoms with E-state index < -0.39 is 0 Å². The highest BCUT2D eigenvalue weighted by Gasteiger charge is 2.23. The zero-order valence-electron chi connectivity index (χ0n) is 9.21. The van der Waals surface area contributed by atoms with Gasteiger partial charge in [-0.1, -0.05) is 0 Å². The van der Waals surface area contributed by atoms with Crippen LogP contribution < -0.4 is 5.32 Å². The van der Waals surface area contributed by atoms with Crippen molar-refractivity contribution >= 4 is 5.82 Å². The molecule has 0 aliphatic heterocycles. The molecule has 0 radical (unpaired) electrons. The fourth-order valence-corrected chi connectivity index (χ4v) is 2.27. The third-order valence-corrected chi connectivity index (χ3v) is 3.30. The summed E-state index contributed by atoms with van der Waals surface area (Å²) in [5.74, 6) is 2.92. The number of hydrogen-bond acceptors (Lipinski definition) is 3. The number of hydrogen-bond donors (Lipinski definition) is 1. The number of nitrogens with one attached hydrogen (secondary N) is 1. The molecule has 3 heteroatoms. The van der Waals surface area contributed by atoms with Gasteiger partial charge in [0.15, 0.2) is 0 Å². The first-order valence-electron chi connectivity index (χ1n) is 5.93. The minimum atomic E-state index is 0.900. The number of aryl methyl sites for hydroxylation is 2. The average molecular weight is 203 g/mol. The summed E-state index contributed by atoms with van der Waals surface area (Å²) < 4.78 is 0. The highest BCUT2D eigenvalue weighted by atomic mass is 15.0. The Morgan fingerprint density at radius 2 is 2.13 bits per heavy atom. The molecule has 0 amide bonds. The van der Waals surface area contributed by atoms with Crippen molar-refractivity contribution in [1.82, 2.24) is 9.97 Å². The molecular formula is C12H17N3. The summed E-state index contributed by atoms with van der Waals surface area (Å²) in [7, 11) is 0. The zero-order chi connectivity index (χ0) is 10.3. The topological polar surface area (TPSA) is 37.8 Å². The molecule has 0 aromatic carbocycles. The first-order valence-corrected chi connectivity index (χ1v) is 5.93. The number of anilines is 1. The summed E-state index contributed by atoms with van der Waals surface area (Å²) in [6.07, 6.45) is 6.31. The highest BCUT2D eigenvalue weighted by molar-refractivity contribution is 5.48. The molecule has 15 heavy (non-hydrogen) atoms. The fourth-order valence-electron chi connectivity index (χ4n) is 2.27. The first kappa shape index (κ1) is 9.13. The van der Waals surface area contributed by atoms with Crippen molar-refractivity contribution in [1.29, 1.82) is 0 Å². The Morgan fingerprint density at radius 1 is 1.27 bits per heavy atom. The normalized spacial score (nSPS) is 19.0. The molecule has 1 N–H and O–H groups in total. The molecule has 80 valence electrons. The standard InChI is InChI=1S/C12H17N3/c1-8-14-11-4-2-3-10(11)12(15-8)13-7-9-5-6-9/h9H,2-7H2,1H3,(H,13,14,15). The lowest BCUT2D eigenvalue weighted by atomic mass is 10.2. The SMILES string of the molecule is Cc1nc2c(c(NCC3CC3)n1)CCC2. The van der Waals surface area contributed by atoms with Gasteiger partial charge in [0.05, 0.1) is 0 Å². The van der Waals surface area contributed by atoms with Gasteiger partial charge in [-0.25, -0.2) is 9.97 Å². The van der Waals surface area contributed by atoms with E-state index in [0.717, 1.165) is 36.9 Å². The number of fused-ring (bicyclic) bond motifs is 1. The number of aromatic nitrogens is 2. The summed E-state index contributed by atoms with van der Waals surface area (Å²) in [4.78, 5) is 9.03. The second kappa shape index (κ2) is 3.47. The summed E-state index contributed by atoms with van der Waals surface area (Å²) >= 11 is 0. The third kappa shape index (κ3) is 1.83. The second-order valence-electron chi connectivity index (χ2n) is 4.72. The molecule has 0 saturated heterocycles. The maximum atomic E-state index is 4.52. The van der Waals surface area contributed by atoms with Crippen LogP contribution in [0.3, 0.4) is 0 Å². The smallest absolute Gasteiger partial charge is 0.133 e. The Balaban J connectivity index is 1.84. The maximum Gasteiger partial charge on any atom is 0.133 e. The van der Waals surface area contributed by atoms with Gasteiger partial charge in [-0.2, -0.15) is 0 Å². The van der Waals surface area contributed by atoms with Crippen molar-refractivity contribution in [3.63, 3.8) is 0 Å². The molecular weight excluding hydrogens is 186 g/mol. The summed E-state index contributed by atoms with van der Waals surface area (Å²) in [5.41, 5.74) is 2.65. The molecule has 0 bridgehead atoms. The highest BCUT2D eigenvalue weighted by Crippen LogP contribution is 2.31. The summed E-state index contributed by atoms with van der Waals surface area (Å²) in [6, 6.07) is 0. The molecule has 1 saturated carbocycles. The number of rotatable bonds is 3. The monoisotopic (exact) mass is 203 g/mol. The zero-order valence-corrected chi connectivity index (χ0v) is 9.21. The molecule has 2 aliphatic carbocycles. The first-order chi connectivity index (χ1) is 7.33. The van der Waals surface area contributed by atoms with Gasteiger partial charge in [0, 0.05) is 17.8 Å². The Labute approximate surface area is 90.3 Å². The van der Waals surface area contributed by atoms with Crippen LogP contribution >= 0.6 is 0 Å². The quantitative estimate of drug-likeness (QED) is 0.817. The minimum absolute atomic E-state index is 0.900. The molecule has 1 fully saturated rings. The molecule has 0 unspecified atom stereocenters. The van der Waals surface area contributed by atoms with Crippen LogP contribution in [0.2, 0.25) is 0 Å². The Bertz CT molecular complexity index is 383. The van der Waals surface area contributed by atoms with Gasteiger partial charge in [-0.15, -0.1) is 0 Å². The van der Waals surface area contributed by atoms with Crippen molar-refractivity contribution < 1.29 is 0 Å². The van der Waals surface area contributed by atoms with Crippen LogP contribution in [-0.4, -0.2) is 16.5 Å². The van der Waals surface area contributed by atoms with Crippen molar-refractivity contribution in [2.24, 2.45) is 5.92 Å². The summed E-state index contributed by atoms with van der Waals surface area (Å²) in [5, 5.41) is 3.50. The molecule has 0 spiro atoms. The van der Waals surface area contributed by atoms with Gasteiger partial charge in [0.2, 0.25) is 0 Å². The van der Waals surface area contributed by atoms with Gasteiger partial charge in [0.1, 0.15) is 11.6 Å².